The van der Waals surface area contributed by atoms with E-state index in [-0.39, 0.29) is 5.75 Å². The Hall–Kier alpha value is -1.36. The summed E-state index contributed by atoms with van der Waals surface area (Å²) in [5.74, 6) is 1.38. The number of para-hydroxylation sites is 1. The molecule has 2 heterocycles. The topological polar surface area (TPSA) is 80.2 Å². The van der Waals surface area contributed by atoms with Gasteiger partial charge in [-0.1, -0.05) is 52.8 Å². The van der Waals surface area contributed by atoms with Gasteiger partial charge in [0.05, 0.1) is 8.95 Å². The quantitative estimate of drug-likeness (QED) is 0.328. The first-order valence-corrected chi connectivity index (χ1v) is 12.1. The van der Waals surface area contributed by atoms with Crippen molar-refractivity contribution < 1.29 is 9.84 Å². The van der Waals surface area contributed by atoms with Crippen LogP contribution >= 0.6 is 59.6 Å². The normalized spacial score (nSPS) is 15.0. The number of phenolic OH excluding ortho intramolecular Hbond substituents is 1. The van der Waals surface area contributed by atoms with Gasteiger partial charge in [-0.2, -0.15) is 4.98 Å². The van der Waals surface area contributed by atoms with Crippen molar-refractivity contribution in [1.82, 2.24) is 15.2 Å². The van der Waals surface area contributed by atoms with E-state index in [4.69, 9.17) is 4.74 Å². The first kappa shape index (κ1) is 20.9. The summed E-state index contributed by atoms with van der Waals surface area (Å²) in [6.07, 6.45) is 0.387. The predicted octanol–water partition coefficient (Wildman–Crippen LogP) is 6.54. The van der Waals surface area contributed by atoms with Crippen molar-refractivity contribution in [2.24, 2.45) is 0 Å². The third-order valence-corrected chi connectivity index (χ3v) is 7.32. The number of aromatic nitrogens is 3. The average Bonchev–Trinajstić information content (AvgIpc) is 2.87. The number of halogens is 3. The highest BCUT2D eigenvalue weighted by Crippen LogP contribution is 2.46. The summed E-state index contributed by atoms with van der Waals surface area (Å²) in [6.45, 7) is 2.10. The molecule has 10 heteroatoms. The Labute approximate surface area is 197 Å². The zero-order valence-corrected chi connectivity index (χ0v) is 20.7. The van der Waals surface area contributed by atoms with Crippen LogP contribution in [-0.4, -0.2) is 26.0 Å². The maximum atomic E-state index is 10.4. The third kappa shape index (κ3) is 4.12. The van der Waals surface area contributed by atoms with E-state index in [2.05, 4.69) is 75.2 Å². The Kier molecular flexibility index (Phi) is 6.33. The fraction of sp³-hybridized carbons (Fsp3) is 0.211. The van der Waals surface area contributed by atoms with Gasteiger partial charge in [0.25, 0.3) is 0 Å². The molecule has 2 aromatic carbocycles. The fourth-order valence-electron chi connectivity index (χ4n) is 2.87. The molecule has 0 saturated carbocycles. The number of hydrogen-bond acceptors (Lipinski definition) is 7. The Morgan fingerprint density at radius 3 is 2.76 bits per heavy atom. The molecule has 1 aromatic heterocycles. The summed E-state index contributed by atoms with van der Waals surface area (Å²) in [5, 5.41) is 23.0. The van der Waals surface area contributed by atoms with Crippen molar-refractivity contribution in [3.63, 3.8) is 0 Å². The second kappa shape index (κ2) is 8.79. The number of phenols is 1. The van der Waals surface area contributed by atoms with Gasteiger partial charge in [0.15, 0.2) is 5.69 Å². The van der Waals surface area contributed by atoms with Gasteiger partial charge in [-0.25, -0.2) is 0 Å². The molecule has 0 unspecified atom stereocenters. The molecule has 0 saturated heterocycles. The van der Waals surface area contributed by atoms with Crippen LogP contribution in [-0.2, 0) is 0 Å². The van der Waals surface area contributed by atoms with E-state index in [1.165, 1.54) is 11.8 Å². The Morgan fingerprint density at radius 1 is 1.17 bits per heavy atom. The van der Waals surface area contributed by atoms with Crippen molar-refractivity contribution in [3.05, 3.63) is 49.3 Å². The molecule has 0 radical (unpaired) electrons. The lowest BCUT2D eigenvalue weighted by atomic mass is 10.1. The average molecular weight is 603 g/mol. The van der Waals surface area contributed by atoms with Gasteiger partial charge in [0, 0.05) is 27.0 Å². The Morgan fingerprint density at radius 2 is 1.97 bits per heavy atom. The van der Waals surface area contributed by atoms with Crippen molar-refractivity contribution in [3.8, 4) is 22.9 Å². The fourth-order valence-corrected chi connectivity index (χ4v) is 6.04. The number of fused-ring (bicyclic) bond motifs is 3. The summed E-state index contributed by atoms with van der Waals surface area (Å²) in [6, 6.07) is 9.54. The summed E-state index contributed by atoms with van der Waals surface area (Å²) >= 11 is 12.0. The number of ether oxygens (including phenoxy) is 1. The van der Waals surface area contributed by atoms with E-state index in [0.717, 1.165) is 27.9 Å². The smallest absolute Gasteiger partial charge is 0.247 e. The van der Waals surface area contributed by atoms with Gasteiger partial charge < -0.3 is 15.2 Å². The van der Waals surface area contributed by atoms with E-state index in [9.17, 15) is 5.11 Å². The van der Waals surface area contributed by atoms with Crippen LogP contribution < -0.4 is 10.1 Å². The molecular weight excluding hydrogens is 588 g/mol. The molecule has 0 spiro atoms. The molecular formula is C19H15Br3N4O2S. The number of benzene rings is 2. The summed E-state index contributed by atoms with van der Waals surface area (Å²) in [7, 11) is 0. The summed E-state index contributed by atoms with van der Waals surface area (Å²) in [5.41, 5.74) is 2.97. The van der Waals surface area contributed by atoms with Gasteiger partial charge in [-0.05, 0) is 50.4 Å². The van der Waals surface area contributed by atoms with Crippen LogP contribution in [0.5, 0.6) is 11.6 Å². The van der Waals surface area contributed by atoms with E-state index in [1.807, 2.05) is 24.3 Å². The highest BCUT2D eigenvalue weighted by Gasteiger charge is 2.30. The molecule has 1 aliphatic heterocycles. The lowest BCUT2D eigenvalue weighted by Gasteiger charge is -2.22. The van der Waals surface area contributed by atoms with E-state index in [1.54, 1.807) is 6.07 Å². The zero-order valence-electron chi connectivity index (χ0n) is 15.1. The molecule has 1 aliphatic rings. The molecule has 1 atom stereocenters. The van der Waals surface area contributed by atoms with Gasteiger partial charge >= 0.3 is 0 Å². The van der Waals surface area contributed by atoms with Crippen LogP contribution in [0.4, 0.5) is 5.69 Å². The van der Waals surface area contributed by atoms with Crippen LogP contribution in [0, 0.1) is 0 Å². The lowest BCUT2D eigenvalue weighted by Crippen LogP contribution is -2.18. The molecule has 0 bridgehead atoms. The van der Waals surface area contributed by atoms with Gasteiger partial charge in [0.1, 0.15) is 5.75 Å². The first-order chi connectivity index (χ1) is 14.0. The van der Waals surface area contributed by atoms with E-state index < -0.39 is 6.23 Å². The molecule has 6 nitrogen and oxygen atoms in total. The minimum Gasteiger partial charge on any atom is -0.506 e. The van der Waals surface area contributed by atoms with Crippen molar-refractivity contribution >= 4 is 65.2 Å². The van der Waals surface area contributed by atoms with Gasteiger partial charge in [-0.3, -0.25) is 0 Å². The highest BCUT2D eigenvalue weighted by molar-refractivity contribution is 9.11. The maximum Gasteiger partial charge on any atom is 0.247 e. The highest BCUT2D eigenvalue weighted by atomic mass is 79.9. The van der Waals surface area contributed by atoms with Gasteiger partial charge in [-0.15, -0.1) is 10.2 Å². The molecule has 0 amide bonds. The first-order valence-electron chi connectivity index (χ1n) is 8.76. The maximum absolute atomic E-state index is 10.4. The molecule has 2 N–H and O–H groups in total. The third-order valence-electron chi connectivity index (χ3n) is 4.21. The van der Waals surface area contributed by atoms with Crippen molar-refractivity contribution in [2.75, 3.05) is 11.1 Å². The van der Waals surface area contributed by atoms with E-state index in [0.29, 0.717) is 31.2 Å². The molecule has 4 rings (SSSR count). The van der Waals surface area contributed by atoms with Crippen molar-refractivity contribution in [2.45, 2.75) is 24.7 Å². The SMILES string of the molecule is CCCSc1nnc2c(n1)O[C@@H](c1c(Br)cc(Br)c(O)c1Br)Nc1ccccc1-2. The number of thioether (sulfide) groups is 1. The number of aromatic hydroxyl groups is 1. The van der Waals surface area contributed by atoms with Crippen molar-refractivity contribution in [1.29, 1.82) is 0 Å². The van der Waals surface area contributed by atoms with Crippen LogP contribution in [0.15, 0.2) is 48.9 Å². The lowest BCUT2D eigenvalue weighted by molar-refractivity contribution is 0.223. The van der Waals surface area contributed by atoms with Crippen LogP contribution in [0.3, 0.4) is 0 Å². The molecule has 150 valence electrons. The monoisotopic (exact) mass is 600 g/mol. The summed E-state index contributed by atoms with van der Waals surface area (Å²) in [4.78, 5) is 4.61. The molecule has 29 heavy (non-hydrogen) atoms. The second-order valence-corrected chi connectivity index (χ2v) is 9.76. The summed E-state index contributed by atoms with van der Waals surface area (Å²) < 4.78 is 8.12. The minimum absolute atomic E-state index is 0.0892. The second-order valence-electron chi connectivity index (χ2n) is 6.20. The Bertz CT molecular complexity index is 1080. The number of rotatable bonds is 4. The van der Waals surface area contributed by atoms with E-state index >= 15 is 0 Å². The minimum atomic E-state index is -0.624. The number of nitrogens with one attached hydrogen (secondary N) is 1. The number of anilines is 1. The zero-order chi connectivity index (χ0) is 20.5. The van der Waals surface area contributed by atoms with Crippen LogP contribution in [0.1, 0.15) is 25.1 Å². The number of nitrogens with zero attached hydrogens (tertiary/aromatic N) is 3. The van der Waals surface area contributed by atoms with Gasteiger partial charge in [0.2, 0.25) is 17.3 Å². The van der Waals surface area contributed by atoms with Crippen LogP contribution in [0.2, 0.25) is 0 Å². The molecule has 0 fully saturated rings. The molecule has 0 aliphatic carbocycles. The standard InChI is InChI=1S/C19H15Br3N4O2S/c1-2-7-29-19-24-18-15(25-26-19)9-5-3-4-6-12(9)23-17(28-18)13-10(20)8-11(21)16(27)14(13)22/h3-6,8,17,23,27H,2,7H2,1H3/t17-/m0/s1. The largest absolute Gasteiger partial charge is 0.506 e. The number of hydrogen-bond donors (Lipinski definition) is 2. The molecule has 3 aromatic rings. The van der Waals surface area contributed by atoms with Crippen LogP contribution in [0.25, 0.3) is 11.3 Å². The predicted molar refractivity (Wildman–Crippen MR) is 124 cm³/mol. The Balaban J connectivity index is 1.86.